The predicted molar refractivity (Wildman–Crippen MR) is 55.6 cm³/mol. The van der Waals surface area contributed by atoms with Gasteiger partial charge in [-0.25, -0.2) is 0 Å². The van der Waals surface area contributed by atoms with Crippen molar-refractivity contribution < 1.29 is 13.2 Å². The lowest BCUT2D eigenvalue weighted by molar-refractivity contribution is -0.133. The molecular formula is C12H19F3. The van der Waals surface area contributed by atoms with Crippen LogP contribution in [0.5, 0.6) is 0 Å². The van der Waals surface area contributed by atoms with Crippen molar-refractivity contribution in [3.05, 3.63) is 12.2 Å². The molecule has 0 amide bonds. The van der Waals surface area contributed by atoms with Crippen molar-refractivity contribution in [2.24, 2.45) is 11.8 Å². The quantitative estimate of drug-likeness (QED) is 0.604. The molecule has 0 aromatic carbocycles. The van der Waals surface area contributed by atoms with Crippen molar-refractivity contribution in [2.75, 3.05) is 0 Å². The molecule has 0 N–H and O–H groups in total. The Morgan fingerprint density at radius 2 is 1.73 bits per heavy atom. The largest absolute Gasteiger partial charge is 0.389 e. The summed E-state index contributed by atoms with van der Waals surface area (Å²) in [5.74, 6) is 1.32. The minimum Gasteiger partial charge on any atom is -0.171 e. The van der Waals surface area contributed by atoms with Crippen molar-refractivity contribution in [3.8, 4) is 0 Å². The molecule has 1 aliphatic carbocycles. The first-order chi connectivity index (χ1) is 6.97. The molecule has 88 valence electrons. The number of rotatable bonds is 3. The lowest BCUT2D eigenvalue weighted by Gasteiger charge is -2.23. The Hall–Kier alpha value is -0.470. The first-order valence-corrected chi connectivity index (χ1v) is 5.71. The molecule has 1 aliphatic rings. The molecule has 0 saturated heterocycles. The molecule has 1 rings (SSSR count). The second-order valence-corrected chi connectivity index (χ2v) is 4.60. The van der Waals surface area contributed by atoms with Gasteiger partial charge in [0.15, 0.2) is 0 Å². The fourth-order valence-electron chi connectivity index (χ4n) is 2.01. The average molecular weight is 220 g/mol. The van der Waals surface area contributed by atoms with Crippen LogP contribution in [-0.4, -0.2) is 6.18 Å². The molecule has 0 heterocycles. The van der Waals surface area contributed by atoms with Crippen molar-refractivity contribution in [1.82, 2.24) is 0 Å². The second kappa shape index (κ2) is 5.57. The summed E-state index contributed by atoms with van der Waals surface area (Å²) in [5, 5.41) is 0. The third-order valence-corrected chi connectivity index (χ3v) is 3.06. The van der Waals surface area contributed by atoms with Crippen molar-refractivity contribution in [2.45, 2.75) is 51.6 Å². The van der Waals surface area contributed by atoms with Crippen LogP contribution in [0.2, 0.25) is 0 Å². The van der Waals surface area contributed by atoms with Gasteiger partial charge in [0.05, 0.1) is 0 Å². The molecule has 1 fully saturated rings. The van der Waals surface area contributed by atoms with Crippen molar-refractivity contribution >= 4 is 0 Å². The van der Waals surface area contributed by atoms with Crippen LogP contribution in [0.25, 0.3) is 0 Å². The van der Waals surface area contributed by atoms with Crippen molar-refractivity contribution in [3.63, 3.8) is 0 Å². The fourth-order valence-corrected chi connectivity index (χ4v) is 2.01. The van der Waals surface area contributed by atoms with Crippen molar-refractivity contribution in [1.29, 1.82) is 0 Å². The lowest BCUT2D eigenvalue weighted by atomic mass is 9.83. The van der Waals surface area contributed by atoms with Crippen LogP contribution >= 0.6 is 0 Å². The van der Waals surface area contributed by atoms with Gasteiger partial charge in [-0.3, -0.25) is 0 Å². The zero-order chi connectivity index (χ0) is 11.3. The maximum absolute atomic E-state index is 11.8. The zero-order valence-corrected chi connectivity index (χ0v) is 9.19. The van der Waals surface area contributed by atoms with Crippen LogP contribution in [-0.2, 0) is 0 Å². The molecule has 0 unspecified atom stereocenters. The van der Waals surface area contributed by atoms with Crippen LogP contribution in [0.1, 0.15) is 45.4 Å². The highest BCUT2D eigenvalue weighted by molar-refractivity contribution is 4.90. The van der Waals surface area contributed by atoms with Crippen LogP contribution < -0.4 is 0 Å². The molecule has 0 spiro atoms. The molecule has 0 radical (unpaired) electrons. The minimum absolute atomic E-state index is 0.134. The van der Waals surface area contributed by atoms with Gasteiger partial charge in [0.2, 0.25) is 0 Å². The lowest BCUT2D eigenvalue weighted by Crippen LogP contribution is -2.10. The van der Waals surface area contributed by atoms with E-state index in [9.17, 15) is 13.2 Å². The molecule has 0 aromatic heterocycles. The monoisotopic (exact) mass is 220 g/mol. The standard InChI is InChI=1S/C12H19F3/c1-10-5-7-11(8-6-10)4-2-3-9-12(13,14)15/h2,4,10-11H,3,5-9H2,1H3/b4-2+. The summed E-state index contributed by atoms with van der Waals surface area (Å²) < 4.78 is 35.5. The molecule has 1 saturated carbocycles. The smallest absolute Gasteiger partial charge is 0.171 e. The molecule has 0 aliphatic heterocycles. The first-order valence-electron chi connectivity index (χ1n) is 5.71. The number of halogens is 3. The molecule has 3 heteroatoms. The van der Waals surface area contributed by atoms with E-state index in [1.807, 2.05) is 6.08 Å². The van der Waals surface area contributed by atoms with Crippen LogP contribution in [0.15, 0.2) is 12.2 Å². The molecule has 0 atom stereocenters. The van der Waals surface area contributed by atoms with Gasteiger partial charge in [-0.1, -0.05) is 31.9 Å². The maximum Gasteiger partial charge on any atom is 0.389 e. The highest BCUT2D eigenvalue weighted by Crippen LogP contribution is 2.29. The molecule has 0 nitrogen and oxygen atoms in total. The van der Waals surface area contributed by atoms with E-state index in [2.05, 4.69) is 6.92 Å². The Labute approximate surface area is 89.6 Å². The van der Waals surface area contributed by atoms with E-state index in [0.29, 0.717) is 5.92 Å². The molecule has 0 aromatic rings. The van der Waals surface area contributed by atoms with Crippen LogP contribution in [0, 0.1) is 11.8 Å². The van der Waals surface area contributed by atoms with E-state index >= 15 is 0 Å². The van der Waals surface area contributed by atoms with Gasteiger partial charge < -0.3 is 0 Å². The third-order valence-electron chi connectivity index (χ3n) is 3.06. The summed E-state index contributed by atoms with van der Waals surface area (Å²) in [4.78, 5) is 0. The summed E-state index contributed by atoms with van der Waals surface area (Å²) in [6, 6.07) is 0. The minimum atomic E-state index is -4.01. The van der Waals surface area contributed by atoms with Gasteiger partial charge in [0.1, 0.15) is 0 Å². The van der Waals surface area contributed by atoms with Crippen LogP contribution in [0.4, 0.5) is 13.2 Å². The van der Waals surface area contributed by atoms with E-state index in [0.717, 1.165) is 18.8 Å². The summed E-state index contributed by atoms with van der Waals surface area (Å²) in [5.41, 5.74) is 0. The Morgan fingerprint density at radius 1 is 1.13 bits per heavy atom. The maximum atomic E-state index is 11.8. The molecule has 15 heavy (non-hydrogen) atoms. The predicted octanol–water partition coefficient (Wildman–Crippen LogP) is 4.71. The van der Waals surface area contributed by atoms with Gasteiger partial charge in [0.25, 0.3) is 0 Å². The normalized spacial score (nSPS) is 28.5. The van der Waals surface area contributed by atoms with E-state index in [1.165, 1.54) is 12.8 Å². The highest BCUT2D eigenvalue weighted by Gasteiger charge is 2.25. The summed E-state index contributed by atoms with van der Waals surface area (Å²) >= 11 is 0. The van der Waals surface area contributed by atoms with Crippen LogP contribution in [0.3, 0.4) is 0 Å². The number of alkyl halides is 3. The Bertz CT molecular complexity index is 197. The number of hydrogen-bond acceptors (Lipinski definition) is 0. The Kier molecular flexibility index (Phi) is 4.68. The first kappa shape index (κ1) is 12.6. The molecular weight excluding hydrogens is 201 g/mol. The highest BCUT2D eigenvalue weighted by atomic mass is 19.4. The van der Waals surface area contributed by atoms with E-state index in [-0.39, 0.29) is 6.42 Å². The zero-order valence-electron chi connectivity index (χ0n) is 9.19. The van der Waals surface area contributed by atoms with Gasteiger partial charge in [-0.15, -0.1) is 0 Å². The van der Waals surface area contributed by atoms with Gasteiger partial charge in [-0.2, -0.15) is 13.2 Å². The third kappa shape index (κ3) is 5.85. The van der Waals surface area contributed by atoms with Gasteiger partial charge in [0, 0.05) is 6.42 Å². The second-order valence-electron chi connectivity index (χ2n) is 4.60. The van der Waals surface area contributed by atoms with Gasteiger partial charge in [-0.05, 0) is 31.1 Å². The van der Waals surface area contributed by atoms with E-state index in [1.54, 1.807) is 6.08 Å². The fraction of sp³-hybridized carbons (Fsp3) is 0.833. The van der Waals surface area contributed by atoms with E-state index < -0.39 is 12.6 Å². The summed E-state index contributed by atoms with van der Waals surface area (Å²) in [7, 11) is 0. The SMILES string of the molecule is CC1CCC(/C=C/CCC(F)(F)F)CC1. The number of hydrogen-bond donors (Lipinski definition) is 0. The number of allylic oxidation sites excluding steroid dienone is 2. The summed E-state index contributed by atoms with van der Waals surface area (Å²) in [6.45, 7) is 2.24. The Morgan fingerprint density at radius 3 is 2.27 bits per heavy atom. The Balaban J connectivity index is 2.15. The summed E-state index contributed by atoms with van der Waals surface area (Å²) in [6.07, 6.45) is 3.84. The van der Waals surface area contributed by atoms with E-state index in [4.69, 9.17) is 0 Å². The topological polar surface area (TPSA) is 0 Å². The molecule has 0 bridgehead atoms. The van der Waals surface area contributed by atoms with Gasteiger partial charge >= 0.3 is 6.18 Å². The average Bonchev–Trinajstić information content (AvgIpc) is 2.14.